The maximum absolute atomic E-state index is 11.7. The Morgan fingerprint density at radius 2 is 2.00 bits per heavy atom. The number of likely N-dealkylation sites (tertiary alicyclic amines) is 2. The van der Waals surface area contributed by atoms with Gasteiger partial charge in [0.25, 0.3) is 0 Å². The Bertz CT molecular complexity index is 355. The van der Waals surface area contributed by atoms with Gasteiger partial charge in [-0.2, -0.15) is 0 Å². The highest BCUT2D eigenvalue weighted by Crippen LogP contribution is 2.32. The predicted molar refractivity (Wildman–Crippen MR) is 53.4 cm³/mol. The summed E-state index contributed by atoms with van der Waals surface area (Å²) in [5.74, 6) is -1.77. The zero-order valence-corrected chi connectivity index (χ0v) is 9.05. The van der Waals surface area contributed by atoms with Gasteiger partial charge < -0.3 is 5.11 Å². The monoisotopic (exact) mass is 226 g/mol. The van der Waals surface area contributed by atoms with E-state index in [1.54, 1.807) is 4.90 Å². The van der Waals surface area contributed by atoms with Crippen LogP contribution in [0.15, 0.2) is 0 Å². The Morgan fingerprint density at radius 3 is 2.62 bits per heavy atom. The minimum Gasteiger partial charge on any atom is -0.480 e. The van der Waals surface area contributed by atoms with E-state index in [2.05, 4.69) is 0 Å². The van der Waals surface area contributed by atoms with Crippen LogP contribution in [0.5, 0.6) is 0 Å². The number of carbonyl (C=O) groups is 3. The second-order valence-corrected chi connectivity index (χ2v) is 4.37. The lowest BCUT2D eigenvalue weighted by Gasteiger charge is -2.30. The summed E-state index contributed by atoms with van der Waals surface area (Å²) in [5.41, 5.74) is 0. The molecule has 2 amide bonds. The van der Waals surface area contributed by atoms with Crippen LogP contribution in [-0.4, -0.2) is 59.4 Å². The van der Waals surface area contributed by atoms with Crippen LogP contribution in [0.2, 0.25) is 0 Å². The Morgan fingerprint density at radius 1 is 1.38 bits per heavy atom. The van der Waals surface area contributed by atoms with Crippen molar-refractivity contribution in [1.29, 1.82) is 0 Å². The van der Waals surface area contributed by atoms with Crippen molar-refractivity contribution in [3.8, 4) is 0 Å². The first kappa shape index (κ1) is 11.1. The fourth-order valence-electron chi connectivity index (χ4n) is 2.51. The maximum atomic E-state index is 11.7. The van der Waals surface area contributed by atoms with Gasteiger partial charge in [0.15, 0.2) is 0 Å². The third kappa shape index (κ3) is 1.69. The summed E-state index contributed by atoms with van der Waals surface area (Å²) in [4.78, 5) is 36.8. The molecule has 0 aliphatic carbocycles. The zero-order chi connectivity index (χ0) is 11.9. The Kier molecular flexibility index (Phi) is 2.67. The van der Waals surface area contributed by atoms with Crippen molar-refractivity contribution in [3.05, 3.63) is 0 Å². The first-order valence-corrected chi connectivity index (χ1v) is 5.26. The minimum atomic E-state index is -0.899. The summed E-state index contributed by atoms with van der Waals surface area (Å²) in [6.45, 7) is 0.889. The number of amides is 2. The average molecular weight is 226 g/mol. The molecule has 16 heavy (non-hydrogen) atoms. The minimum absolute atomic E-state index is 0.0611. The number of carboxylic acids is 1. The van der Waals surface area contributed by atoms with E-state index < -0.39 is 5.97 Å². The number of fused-ring (bicyclic) bond motifs is 1. The van der Waals surface area contributed by atoms with Gasteiger partial charge >= 0.3 is 5.97 Å². The molecule has 88 valence electrons. The van der Waals surface area contributed by atoms with Gasteiger partial charge in [-0.1, -0.05) is 0 Å². The van der Waals surface area contributed by atoms with Gasteiger partial charge in [-0.25, -0.2) is 0 Å². The Balaban J connectivity index is 2.07. The molecule has 1 N–H and O–H groups in total. The van der Waals surface area contributed by atoms with Crippen LogP contribution >= 0.6 is 0 Å². The van der Waals surface area contributed by atoms with Gasteiger partial charge in [-0.3, -0.25) is 24.2 Å². The lowest BCUT2D eigenvalue weighted by Crippen LogP contribution is -2.43. The van der Waals surface area contributed by atoms with Crippen LogP contribution in [0.3, 0.4) is 0 Å². The SMILES string of the molecule is CN1C(=O)[C@@H]2CCN(CC(=O)O)C[C@H]2C1=O. The van der Waals surface area contributed by atoms with Gasteiger partial charge in [0, 0.05) is 13.6 Å². The highest BCUT2D eigenvalue weighted by molar-refractivity contribution is 6.05. The summed E-state index contributed by atoms with van der Waals surface area (Å²) >= 11 is 0. The zero-order valence-electron chi connectivity index (χ0n) is 9.05. The van der Waals surface area contributed by atoms with Crippen molar-refractivity contribution in [1.82, 2.24) is 9.80 Å². The van der Waals surface area contributed by atoms with E-state index in [4.69, 9.17) is 5.11 Å². The smallest absolute Gasteiger partial charge is 0.317 e. The van der Waals surface area contributed by atoms with Crippen LogP contribution < -0.4 is 0 Å². The number of rotatable bonds is 2. The number of piperidine rings is 1. The molecule has 0 aromatic carbocycles. The fraction of sp³-hybridized carbons (Fsp3) is 0.700. The van der Waals surface area contributed by atoms with E-state index in [0.717, 1.165) is 0 Å². The molecule has 2 atom stereocenters. The summed E-state index contributed by atoms with van der Waals surface area (Å²) < 4.78 is 0. The second-order valence-electron chi connectivity index (χ2n) is 4.37. The summed E-state index contributed by atoms with van der Waals surface area (Å²) in [7, 11) is 1.49. The van der Waals surface area contributed by atoms with E-state index in [1.807, 2.05) is 0 Å². The van der Waals surface area contributed by atoms with Gasteiger partial charge in [-0.15, -0.1) is 0 Å². The van der Waals surface area contributed by atoms with E-state index in [1.165, 1.54) is 11.9 Å². The topological polar surface area (TPSA) is 77.9 Å². The van der Waals surface area contributed by atoms with E-state index in [0.29, 0.717) is 19.5 Å². The number of hydrogen-bond acceptors (Lipinski definition) is 4. The van der Waals surface area contributed by atoms with E-state index >= 15 is 0 Å². The van der Waals surface area contributed by atoms with Crippen molar-refractivity contribution >= 4 is 17.8 Å². The van der Waals surface area contributed by atoms with Crippen LogP contribution in [0.1, 0.15) is 6.42 Å². The molecule has 0 aromatic heterocycles. The fourth-order valence-corrected chi connectivity index (χ4v) is 2.51. The number of hydrogen-bond donors (Lipinski definition) is 1. The Hall–Kier alpha value is -1.43. The summed E-state index contributed by atoms with van der Waals surface area (Å²) in [5, 5.41) is 8.67. The van der Waals surface area contributed by atoms with Gasteiger partial charge in [0.1, 0.15) is 0 Å². The lowest BCUT2D eigenvalue weighted by atomic mass is 9.88. The number of carboxylic acid groups (broad SMARTS) is 1. The average Bonchev–Trinajstić information content (AvgIpc) is 2.43. The standard InChI is InChI=1S/C10H14N2O4/c1-11-9(15)6-2-3-12(5-8(13)14)4-7(6)10(11)16/h6-7H,2-5H2,1H3,(H,13,14)/t6-,7-/m1/s1. The van der Waals surface area contributed by atoms with Crippen molar-refractivity contribution in [2.75, 3.05) is 26.7 Å². The van der Waals surface area contributed by atoms with Crippen molar-refractivity contribution in [3.63, 3.8) is 0 Å². The number of aliphatic carboxylic acids is 1. The van der Waals surface area contributed by atoms with Gasteiger partial charge in [0.2, 0.25) is 11.8 Å². The highest BCUT2D eigenvalue weighted by Gasteiger charge is 2.48. The molecular formula is C10H14N2O4. The number of imide groups is 1. The maximum Gasteiger partial charge on any atom is 0.317 e. The molecule has 2 saturated heterocycles. The lowest BCUT2D eigenvalue weighted by molar-refractivity contribution is -0.140. The van der Waals surface area contributed by atoms with E-state index in [-0.39, 0.29) is 30.2 Å². The number of carbonyl (C=O) groups excluding carboxylic acids is 2. The van der Waals surface area contributed by atoms with Gasteiger partial charge in [-0.05, 0) is 13.0 Å². The van der Waals surface area contributed by atoms with Crippen LogP contribution in [0.25, 0.3) is 0 Å². The summed E-state index contributed by atoms with van der Waals surface area (Å²) in [6, 6.07) is 0. The van der Waals surface area contributed by atoms with Crippen molar-refractivity contribution in [2.24, 2.45) is 11.8 Å². The van der Waals surface area contributed by atoms with Crippen molar-refractivity contribution in [2.45, 2.75) is 6.42 Å². The molecule has 0 aromatic rings. The Labute approximate surface area is 92.8 Å². The molecule has 2 rings (SSSR count). The largest absolute Gasteiger partial charge is 0.480 e. The third-order valence-electron chi connectivity index (χ3n) is 3.35. The molecule has 2 heterocycles. The highest BCUT2D eigenvalue weighted by atomic mass is 16.4. The molecule has 0 radical (unpaired) electrons. The van der Waals surface area contributed by atoms with Crippen LogP contribution in [0.4, 0.5) is 0 Å². The second kappa shape index (κ2) is 3.86. The number of nitrogens with zero attached hydrogens (tertiary/aromatic N) is 2. The molecule has 0 spiro atoms. The molecule has 2 aliphatic rings. The molecule has 6 heteroatoms. The first-order valence-electron chi connectivity index (χ1n) is 5.26. The summed E-state index contributed by atoms with van der Waals surface area (Å²) in [6.07, 6.45) is 0.576. The van der Waals surface area contributed by atoms with E-state index in [9.17, 15) is 14.4 Å². The molecular weight excluding hydrogens is 212 g/mol. The normalized spacial score (nSPS) is 30.7. The van der Waals surface area contributed by atoms with Crippen molar-refractivity contribution < 1.29 is 19.5 Å². The molecule has 6 nitrogen and oxygen atoms in total. The molecule has 2 aliphatic heterocycles. The predicted octanol–water partition coefficient (Wildman–Crippen LogP) is -0.992. The molecule has 0 bridgehead atoms. The van der Waals surface area contributed by atoms with Gasteiger partial charge in [0.05, 0.1) is 18.4 Å². The quantitative estimate of drug-likeness (QED) is 0.611. The molecule has 0 saturated carbocycles. The molecule has 0 unspecified atom stereocenters. The van der Waals surface area contributed by atoms with Crippen LogP contribution in [-0.2, 0) is 14.4 Å². The first-order chi connectivity index (χ1) is 7.50. The molecule has 2 fully saturated rings. The third-order valence-corrected chi connectivity index (χ3v) is 3.35. The van der Waals surface area contributed by atoms with Crippen LogP contribution in [0, 0.1) is 11.8 Å².